The zero-order valence-electron chi connectivity index (χ0n) is 13.6. The number of hydrogen-bond acceptors (Lipinski definition) is 5. The van der Waals surface area contributed by atoms with Gasteiger partial charge in [-0.2, -0.15) is 4.39 Å². The Morgan fingerprint density at radius 3 is 2.31 bits per heavy atom. The van der Waals surface area contributed by atoms with E-state index in [2.05, 4.69) is 5.32 Å². The summed E-state index contributed by atoms with van der Waals surface area (Å²) in [5, 5.41) is 13.0. The van der Waals surface area contributed by atoms with Crippen LogP contribution >= 0.6 is 0 Å². The zero-order valence-corrected chi connectivity index (χ0v) is 13.6. The predicted molar refractivity (Wildman–Crippen MR) is 83.7 cm³/mol. The summed E-state index contributed by atoms with van der Waals surface area (Å²) in [4.78, 5) is 21.5. The lowest BCUT2D eigenvalue weighted by Gasteiger charge is -2.11. The third-order valence-corrected chi connectivity index (χ3v) is 3.47. The molecule has 1 amide bonds. The van der Waals surface area contributed by atoms with Gasteiger partial charge in [0.05, 0.1) is 24.7 Å². The Labute approximate surface area is 145 Å². The minimum Gasteiger partial charge on any atom is -0.493 e. The van der Waals surface area contributed by atoms with E-state index in [1.165, 1.54) is 14.2 Å². The van der Waals surface area contributed by atoms with Gasteiger partial charge in [0.25, 0.3) is 5.91 Å². The second kappa shape index (κ2) is 7.72. The van der Waals surface area contributed by atoms with Crippen molar-refractivity contribution in [2.24, 2.45) is 0 Å². The van der Waals surface area contributed by atoms with Crippen LogP contribution in [0, 0.1) is 27.6 Å². The molecule has 0 bridgehead atoms. The van der Waals surface area contributed by atoms with E-state index in [0.29, 0.717) is 23.1 Å². The molecule has 138 valence electrons. The van der Waals surface area contributed by atoms with Gasteiger partial charge in [0.2, 0.25) is 11.6 Å². The van der Waals surface area contributed by atoms with E-state index < -0.39 is 39.5 Å². The summed E-state index contributed by atoms with van der Waals surface area (Å²) >= 11 is 0. The molecule has 7 nitrogen and oxygen atoms in total. The van der Waals surface area contributed by atoms with Crippen molar-refractivity contribution in [3.8, 4) is 11.5 Å². The van der Waals surface area contributed by atoms with Gasteiger partial charge in [0, 0.05) is 12.6 Å². The largest absolute Gasteiger partial charge is 0.493 e. The molecule has 26 heavy (non-hydrogen) atoms. The van der Waals surface area contributed by atoms with Crippen molar-refractivity contribution in [1.29, 1.82) is 0 Å². The smallest absolute Gasteiger partial charge is 0.308 e. The SMILES string of the molecule is COc1ccc(CNC(=O)c2cc([N+](=O)[O-])c(F)c(F)c2F)cc1OC. The first kappa shape index (κ1) is 19.0. The summed E-state index contributed by atoms with van der Waals surface area (Å²) in [7, 11) is 2.86. The number of amides is 1. The number of methoxy groups -OCH3 is 2. The zero-order chi connectivity index (χ0) is 19.4. The van der Waals surface area contributed by atoms with Gasteiger partial charge >= 0.3 is 5.69 Å². The van der Waals surface area contributed by atoms with Crippen LogP contribution in [0.3, 0.4) is 0 Å². The Kier molecular flexibility index (Phi) is 5.65. The van der Waals surface area contributed by atoms with E-state index in [9.17, 15) is 28.1 Å². The fourth-order valence-corrected chi connectivity index (χ4v) is 2.16. The Morgan fingerprint density at radius 1 is 1.08 bits per heavy atom. The van der Waals surface area contributed by atoms with E-state index in [4.69, 9.17) is 9.47 Å². The molecule has 1 N–H and O–H groups in total. The number of ether oxygens (including phenoxy) is 2. The van der Waals surface area contributed by atoms with Gasteiger partial charge in [0.1, 0.15) is 0 Å². The molecule has 0 aromatic heterocycles. The summed E-state index contributed by atoms with van der Waals surface area (Å²) in [5.74, 6) is -6.17. The molecule has 0 saturated carbocycles. The highest BCUT2D eigenvalue weighted by atomic mass is 19.2. The Hall–Kier alpha value is -3.30. The van der Waals surface area contributed by atoms with Crippen LogP contribution in [0.2, 0.25) is 0 Å². The van der Waals surface area contributed by atoms with Crippen molar-refractivity contribution < 1.29 is 32.4 Å². The fraction of sp³-hybridized carbons (Fsp3) is 0.188. The van der Waals surface area contributed by atoms with Crippen LogP contribution in [0.5, 0.6) is 11.5 Å². The second-order valence-electron chi connectivity index (χ2n) is 5.01. The Morgan fingerprint density at radius 2 is 1.73 bits per heavy atom. The molecule has 0 aliphatic heterocycles. The first-order chi connectivity index (χ1) is 12.3. The van der Waals surface area contributed by atoms with Crippen molar-refractivity contribution in [2.75, 3.05) is 14.2 Å². The van der Waals surface area contributed by atoms with Crippen LogP contribution in [0.25, 0.3) is 0 Å². The molecule has 0 aliphatic carbocycles. The minimum atomic E-state index is -2.09. The normalized spacial score (nSPS) is 10.3. The van der Waals surface area contributed by atoms with Crippen molar-refractivity contribution in [3.63, 3.8) is 0 Å². The fourth-order valence-electron chi connectivity index (χ4n) is 2.16. The summed E-state index contributed by atoms with van der Waals surface area (Å²) in [6.07, 6.45) is 0. The van der Waals surface area contributed by atoms with Gasteiger partial charge < -0.3 is 14.8 Å². The second-order valence-corrected chi connectivity index (χ2v) is 5.01. The molecule has 0 aliphatic rings. The van der Waals surface area contributed by atoms with Crippen LogP contribution in [-0.2, 0) is 6.54 Å². The lowest BCUT2D eigenvalue weighted by atomic mass is 10.1. The van der Waals surface area contributed by atoms with Gasteiger partial charge in [-0.1, -0.05) is 6.07 Å². The first-order valence-corrected chi connectivity index (χ1v) is 7.11. The highest BCUT2D eigenvalue weighted by Crippen LogP contribution is 2.28. The number of nitro groups is 1. The van der Waals surface area contributed by atoms with Crippen molar-refractivity contribution in [2.45, 2.75) is 6.54 Å². The lowest BCUT2D eigenvalue weighted by Crippen LogP contribution is -2.24. The van der Waals surface area contributed by atoms with Gasteiger partial charge in [0.15, 0.2) is 17.3 Å². The molecule has 0 fully saturated rings. The third-order valence-electron chi connectivity index (χ3n) is 3.47. The lowest BCUT2D eigenvalue weighted by molar-refractivity contribution is -0.387. The summed E-state index contributed by atoms with van der Waals surface area (Å²) in [6, 6.07) is 5.05. The average molecular weight is 370 g/mol. The van der Waals surface area contributed by atoms with Crippen LogP contribution < -0.4 is 14.8 Å². The number of nitrogens with one attached hydrogen (secondary N) is 1. The molecule has 2 aromatic rings. The minimum absolute atomic E-state index is 0.120. The maximum Gasteiger partial charge on any atom is 0.308 e. The number of carbonyl (C=O) groups is 1. The van der Waals surface area contributed by atoms with Gasteiger partial charge in [-0.05, 0) is 17.7 Å². The number of carbonyl (C=O) groups excluding carboxylic acids is 1. The highest BCUT2D eigenvalue weighted by Gasteiger charge is 2.28. The van der Waals surface area contributed by atoms with Crippen molar-refractivity contribution >= 4 is 11.6 Å². The van der Waals surface area contributed by atoms with Crippen molar-refractivity contribution in [1.82, 2.24) is 5.32 Å². The highest BCUT2D eigenvalue weighted by molar-refractivity contribution is 5.95. The Balaban J connectivity index is 2.24. The molecule has 0 unspecified atom stereocenters. The van der Waals surface area contributed by atoms with Gasteiger partial charge in [-0.3, -0.25) is 14.9 Å². The maximum atomic E-state index is 13.8. The molecule has 0 saturated heterocycles. The van der Waals surface area contributed by atoms with Gasteiger partial charge in [-0.15, -0.1) is 0 Å². The number of hydrogen-bond donors (Lipinski definition) is 1. The van der Waals surface area contributed by atoms with Crippen LogP contribution in [-0.4, -0.2) is 25.1 Å². The Bertz CT molecular complexity index is 873. The molecule has 0 radical (unpaired) electrons. The van der Waals surface area contributed by atoms with Crippen LogP contribution in [0.4, 0.5) is 18.9 Å². The van der Waals surface area contributed by atoms with E-state index in [1.807, 2.05) is 0 Å². The summed E-state index contributed by atoms with van der Waals surface area (Å²) in [5.41, 5.74) is -1.77. The average Bonchev–Trinajstić information content (AvgIpc) is 2.63. The van der Waals surface area contributed by atoms with Crippen LogP contribution in [0.1, 0.15) is 15.9 Å². The molecule has 2 rings (SSSR count). The molecule has 0 atom stereocenters. The maximum absolute atomic E-state index is 13.8. The van der Waals surface area contributed by atoms with Crippen LogP contribution in [0.15, 0.2) is 24.3 Å². The third kappa shape index (κ3) is 3.68. The molecule has 2 aromatic carbocycles. The predicted octanol–water partition coefficient (Wildman–Crippen LogP) is 2.96. The number of nitrogens with zero attached hydrogens (tertiary/aromatic N) is 1. The van der Waals surface area contributed by atoms with E-state index in [-0.39, 0.29) is 6.54 Å². The van der Waals surface area contributed by atoms with Crippen molar-refractivity contribution in [3.05, 3.63) is 63.0 Å². The quantitative estimate of drug-likeness (QED) is 0.480. The number of rotatable bonds is 6. The topological polar surface area (TPSA) is 90.7 Å². The van der Waals surface area contributed by atoms with E-state index >= 15 is 0 Å². The summed E-state index contributed by atoms with van der Waals surface area (Å²) in [6.45, 7) is -0.120. The number of nitro benzene ring substituents is 1. The number of halogens is 3. The standard InChI is InChI=1S/C16H13F3N2O5/c1-25-11-4-3-8(5-12(11)26-2)7-20-16(22)9-6-10(21(23)24)14(18)15(19)13(9)17/h3-6H,7H2,1-2H3,(H,20,22). The number of benzene rings is 2. The molecule has 10 heteroatoms. The van der Waals surface area contributed by atoms with E-state index in [0.717, 1.165) is 0 Å². The monoisotopic (exact) mass is 370 g/mol. The first-order valence-electron chi connectivity index (χ1n) is 7.11. The summed E-state index contributed by atoms with van der Waals surface area (Å²) < 4.78 is 50.7. The molecule has 0 spiro atoms. The molecular weight excluding hydrogens is 357 g/mol. The molecular formula is C16H13F3N2O5. The molecule has 0 heterocycles. The van der Waals surface area contributed by atoms with Gasteiger partial charge in [-0.25, -0.2) is 8.78 Å². The van der Waals surface area contributed by atoms with E-state index in [1.54, 1.807) is 18.2 Å².